The van der Waals surface area contributed by atoms with Crippen LogP contribution in [0.2, 0.25) is 0 Å². The van der Waals surface area contributed by atoms with Crippen molar-refractivity contribution >= 4 is 5.97 Å². The number of carbonyl (C=O) groups excluding carboxylic acids is 1. The minimum absolute atomic E-state index is 0.111. The van der Waals surface area contributed by atoms with Gasteiger partial charge in [0.1, 0.15) is 6.10 Å². The van der Waals surface area contributed by atoms with Crippen LogP contribution in [-0.2, 0) is 9.53 Å². The predicted molar refractivity (Wildman–Crippen MR) is 45.5 cm³/mol. The predicted octanol–water partition coefficient (Wildman–Crippen LogP) is 1.98. The Morgan fingerprint density at radius 3 is 2.58 bits per heavy atom. The second-order valence-electron chi connectivity index (χ2n) is 4.36. The lowest BCUT2D eigenvalue weighted by Crippen LogP contribution is -2.27. The minimum atomic E-state index is -0.111. The van der Waals surface area contributed by atoms with E-state index < -0.39 is 0 Å². The van der Waals surface area contributed by atoms with Gasteiger partial charge in [-0.3, -0.25) is 4.79 Å². The standard InChI is InChI=1S/C10H16O2/c1-6-3-8-4-9(6)10(5-8)12-7(2)11/h6,8-10H,3-5H2,1-2H3/t6-,8-,9-,10+/m0/s1. The van der Waals surface area contributed by atoms with E-state index in [1.165, 1.54) is 19.8 Å². The van der Waals surface area contributed by atoms with Gasteiger partial charge in [-0.1, -0.05) is 6.92 Å². The highest BCUT2D eigenvalue weighted by atomic mass is 16.5. The third kappa shape index (κ3) is 1.23. The van der Waals surface area contributed by atoms with Crippen LogP contribution in [-0.4, -0.2) is 12.1 Å². The highest BCUT2D eigenvalue weighted by Crippen LogP contribution is 2.49. The van der Waals surface area contributed by atoms with E-state index in [2.05, 4.69) is 6.92 Å². The van der Waals surface area contributed by atoms with Crippen molar-refractivity contribution in [2.24, 2.45) is 17.8 Å². The van der Waals surface area contributed by atoms with Crippen LogP contribution >= 0.6 is 0 Å². The largest absolute Gasteiger partial charge is 0.462 e. The number of esters is 1. The van der Waals surface area contributed by atoms with Gasteiger partial charge in [0.2, 0.25) is 0 Å². The normalized spacial score (nSPS) is 44.8. The number of fused-ring (bicyclic) bond motifs is 2. The number of hydrogen-bond donors (Lipinski definition) is 0. The molecule has 0 aromatic rings. The quantitative estimate of drug-likeness (QED) is 0.560. The molecule has 2 bridgehead atoms. The molecule has 2 aliphatic rings. The van der Waals surface area contributed by atoms with Crippen LogP contribution in [0.15, 0.2) is 0 Å². The fraction of sp³-hybridized carbons (Fsp3) is 0.900. The van der Waals surface area contributed by atoms with Crippen molar-refractivity contribution in [2.75, 3.05) is 0 Å². The summed E-state index contributed by atoms with van der Waals surface area (Å²) in [6, 6.07) is 0. The van der Waals surface area contributed by atoms with Crippen LogP contribution in [0, 0.1) is 17.8 Å². The first-order chi connectivity index (χ1) is 5.66. The van der Waals surface area contributed by atoms with Crippen molar-refractivity contribution in [2.45, 2.75) is 39.2 Å². The molecule has 2 rings (SSSR count). The van der Waals surface area contributed by atoms with E-state index in [1.54, 1.807) is 0 Å². The number of rotatable bonds is 1. The van der Waals surface area contributed by atoms with Crippen LogP contribution in [0.5, 0.6) is 0 Å². The monoisotopic (exact) mass is 168 g/mol. The summed E-state index contributed by atoms with van der Waals surface area (Å²) in [6.07, 6.45) is 4.01. The van der Waals surface area contributed by atoms with Crippen molar-refractivity contribution in [1.82, 2.24) is 0 Å². The average molecular weight is 168 g/mol. The molecule has 2 saturated carbocycles. The summed E-state index contributed by atoms with van der Waals surface area (Å²) in [6.45, 7) is 3.79. The number of hydrogen-bond acceptors (Lipinski definition) is 2. The Kier molecular flexibility index (Phi) is 1.85. The molecule has 0 unspecified atom stereocenters. The second kappa shape index (κ2) is 2.75. The van der Waals surface area contributed by atoms with Gasteiger partial charge in [-0.05, 0) is 37.0 Å². The highest BCUT2D eigenvalue weighted by Gasteiger charge is 2.45. The lowest BCUT2D eigenvalue weighted by Gasteiger charge is -2.26. The molecule has 68 valence electrons. The molecular weight excluding hydrogens is 152 g/mol. The van der Waals surface area contributed by atoms with Gasteiger partial charge < -0.3 is 4.74 Å². The van der Waals surface area contributed by atoms with E-state index in [1.807, 2.05) is 0 Å². The van der Waals surface area contributed by atoms with Crippen LogP contribution in [0.4, 0.5) is 0 Å². The van der Waals surface area contributed by atoms with E-state index in [9.17, 15) is 4.79 Å². The van der Waals surface area contributed by atoms with Crippen molar-refractivity contribution in [1.29, 1.82) is 0 Å². The van der Waals surface area contributed by atoms with Gasteiger partial charge >= 0.3 is 5.97 Å². The second-order valence-corrected chi connectivity index (χ2v) is 4.36. The van der Waals surface area contributed by atoms with Gasteiger partial charge in [0, 0.05) is 6.92 Å². The molecule has 0 aromatic heterocycles. The lowest BCUT2D eigenvalue weighted by molar-refractivity contribution is -0.149. The summed E-state index contributed by atoms with van der Waals surface area (Å²) >= 11 is 0. The summed E-state index contributed by atoms with van der Waals surface area (Å²) in [5.74, 6) is 2.17. The minimum Gasteiger partial charge on any atom is -0.462 e. The number of carbonyl (C=O) groups is 1. The summed E-state index contributed by atoms with van der Waals surface area (Å²) in [5.41, 5.74) is 0. The van der Waals surface area contributed by atoms with E-state index in [-0.39, 0.29) is 12.1 Å². The summed E-state index contributed by atoms with van der Waals surface area (Å²) < 4.78 is 5.28. The molecule has 2 nitrogen and oxygen atoms in total. The summed E-state index contributed by atoms with van der Waals surface area (Å²) in [5, 5.41) is 0. The van der Waals surface area contributed by atoms with Gasteiger partial charge in [-0.15, -0.1) is 0 Å². The first-order valence-electron chi connectivity index (χ1n) is 4.84. The Labute approximate surface area is 73.3 Å². The molecule has 0 N–H and O–H groups in total. The maximum Gasteiger partial charge on any atom is 0.302 e. The fourth-order valence-corrected chi connectivity index (χ4v) is 2.98. The smallest absolute Gasteiger partial charge is 0.302 e. The van der Waals surface area contributed by atoms with Crippen molar-refractivity contribution in [3.8, 4) is 0 Å². The highest BCUT2D eigenvalue weighted by molar-refractivity contribution is 5.66. The van der Waals surface area contributed by atoms with Gasteiger partial charge in [-0.2, -0.15) is 0 Å². The van der Waals surface area contributed by atoms with Gasteiger partial charge in [0.25, 0.3) is 0 Å². The first kappa shape index (κ1) is 8.09. The third-order valence-corrected chi connectivity index (χ3v) is 3.40. The molecular formula is C10H16O2. The molecule has 0 heterocycles. The van der Waals surface area contributed by atoms with Crippen LogP contribution in [0.1, 0.15) is 33.1 Å². The van der Waals surface area contributed by atoms with Crippen LogP contribution in [0.25, 0.3) is 0 Å². The van der Waals surface area contributed by atoms with E-state index in [0.29, 0.717) is 5.92 Å². The molecule has 12 heavy (non-hydrogen) atoms. The Hall–Kier alpha value is -0.530. The average Bonchev–Trinajstić information content (AvgIpc) is 2.43. The van der Waals surface area contributed by atoms with Crippen molar-refractivity contribution in [3.63, 3.8) is 0 Å². The molecule has 2 aliphatic carbocycles. The molecule has 0 aromatic carbocycles. The van der Waals surface area contributed by atoms with E-state index in [4.69, 9.17) is 4.74 Å². The Morgan fingerprint density at radius 2 is 2.08 bits per heavy atom. The van der Waals surface area contributed by atoms with Gasteiger partial charge in [0.15, 0.2) is 0 Å². The zero-order chi connectivity index (χ0) is 8.72. The Bertz CT molecular complexity index is 200. The Morgan fingerprint density at radius 1 is 1.33 bits per heavy atom. The maximum absolute atomic E-state index is 10.8. The van der Waals surface area contributed by atoms with Crippen molar-refractivity contribution in [3.05, 3.63) is 0 Å². The maximum atomic E-state index is 10.8. The molecule has 0 aliphatic heterocycles. The van der Waals surface area contributed by atoms with Crippen molar-refractivity contribution < 1.29 is 9.53 Å². The SMILES string of the molecule is CC(=O)O[C@@H]1C[C@@H]2C[C@H]1[C@@H](C)C2. The van der Waals surface area contributed by atoms with Gasteiger partial charge in [-0.25, -0.2) is 0 Å². The first-order valence-corrected chi connectivity index (χ1v) is 4.84. The number of ether oxygens (including phenoxy) is 1. The molecule has 0 spiro atoms. The molecule has 0 radical (unpaired) electrons. The Balaban J connectivity index is 1.98. The van der Waals surface area contributed by atoms with E-state index in [0.717, 1.165) is 18.3 Å². The third-order valence-electron chi connectivity index (χ3n) is 3.40. The van der Waals surface area contributed by atoms with Gasteiger partial charge in [0.05, 0.1) is 0 Å². The zero-order valence-electron chi connectivity index (χ0n) is 7.75. The zero-order valence-corrected chi connectivity index (χ0v) is 7.75. The molecule has 0 saturated heterocycles. The lowest BCUT2D eigenvalue weighted by atomic mass is 9.88. The molecule has 4 atom stereocenters. The summed E-state index contributed by atoms with van der Waals surface area (Å²) in [4.78, 5) is 10.8. The van der Waals surface area contributed by atoms with Crippen LogP contribution in [0.3, 0.4) is 0 Å². The molecule has 2 fully saturated rings. The van der Waals surface area contributed by atoms with Crippen LogP contribution < -0.4 is 0 Å². The fourth-order valence-electron chi connectivity index (χ4n) is 2.98. The molecule has 2 heteroatoms. The van der Waals surface area contributed by atoms with E-state index >= 15 is 0 Å². The summed E-state index contributed by atoms with van der Waals surface area (Å²) in [7, 11) is 0. The molecule has 0 amide bonds. The topological polar surface area (TPSA) is 26.3 Å².